The molecule has 4 heteroatoms. The van der Waals surface area contributed by atoms with Gasteiger partial charge in [0.2, 0.25) is 0 Å². The Morgan fingerprint density at radius 1 is 1.69 bits per heavy atom. The van der Waals surface area contributed by atoms with Gasteiger partial charge in [0.05, 0.1) is 0 Å². The van der Waals surface area contributed by atoms with E-state index >= 15 is 0 Å². The lowest BCUT2D eigenvalue weighted by atomic mass is 10.1. The van der Waals surface area contributed by atoms with Crippen LogP contribution in [0.3, 0.4) is 0 Å². The Hall–Kier alpha value is -1.06. The van der Waals surface area contributed by atoms with E-state index < -0.39 is 5.97 Å². The van der Waals surface area contributed by atoms with E-state index in [9.17, 15) is 4.79 Å². The largest absolute Gasteiger partial charge is 0.477 e. The molecule has 1 heterocycles. The van der Waals surface area contributed by atoms with Crippen molar-refractivity contribution in [1.29, 1.82) is 0 Å². The number of rotatable bonds is 5. The van der Waals surface area contributed by atoms with Crippen LogP contribution in [0.2, 0.25) is 0 Å². The fourth-order valence-electron chi connectivity index (χ4n) is 1.33. The maximum Gasteiger partial charge on any atom is 0.353 e. The molecule has 0 amide bonds. The SMILES string of the molecule is CCCCCC1CC(C(=O)O)=NO1. The minimum atomic E-state index is -0.960. The fourth-order valence-corrected chi connectivity index (χ4v) is 1.33. The molecule has 0 saturated carbocycles. The third kappa shape index (κ3) is 3.05. The number of hydrogen-bond donors (Lipinski definition) is 1. The highest BCUT2D eigenvalue weighted by Gasteiger charge is 2.24. The van der Waals surface area contributed by atoms with Crippen LogP contribution in [0.4, 0.5) is 0 Å². The summed E-state index contributed by atoms with van der Waals surface area (Å²) in [5.41, 5.74) is 0.154. The van der Waals surface area contributed by atoms with E-state index in [0.29, 0.717) is 6.42 Å². The summed E-state index contributed by atoms with van der Waals surface area (Å²) in [4.78, 5) is 15.4. The van der Waals surface area contributed by atoms with Gasteiger partial charge >= 0.3 is 5.97 Å². The maximum absolute atomic E-state index is 10.5. The molecule has 0 bridgehead atoms. The molecule has 1 rings (SSSR count). The minimum Gasteiger partial charge on any atom is -0.477 e. The number of carboxylic acid groups (broad SMARTS) is 1. The van der Waals surface area contributed by atoms with Crippen molar-refractivity contribution in [3.8, 4) is 0 Å². The van der Waals surface area contributed by atoms with Gasteiger partial charge in [-0.05, 0) is 12.8 Å². The zero-order valence-corrected chi connectivity index (χ0v) is 7.82. The number of hydrogen-bond acceptors (Lipinski definition) is 3. The predicted molar refractivity (Wildman–Crippen MR) is 48.7 cm³/mol. The van der Waals surface area contributed by atoms with Crippen molar-refractivity contribution in [1.82, 2.24) is 0 Å². The van der Waals surface area contributed by atoms with E-state index in [0.717, 1.165) is 12.8 Å². The summed E-state index contributed by atoms with van der Waals surface area (Å²) in [7, 11) is 0. The van der Waals surface area contributed by atoms with Gasteiger partial charge in [0.1, 0.15) is 6.10 Å². The molecule has 1 unspecified atom stereocenters. The second-order valence-corrected chi connectivity index (χ2v) is 3.27. The first-order chi connectivity index (χ1) is 6.24. The van der Waals surface area contributed by atoms with E-state index in [1.165, 1.54) is 12.8 Å². The van der Waals surface area contributed by atoms with Crippen LogP contribution < -0.4 is 0 Å². The highest BCUT2D eigenvalue weighted by molar-refractivity contribution is 6.35. The number of carbonyl (C=O) groups is 1. The van der Waals surface area contributed by atoms with Gasteiger partial charge in [0.15, 0.2) is 5.71 Å². The van der Waals surface area contributed by atoms with E-state index in [-0.39, 0.29) is 11.8 Å². The van der Waals surface area contributed by atoms with Crippen LogP contribution in [0, 0.1) is 0 Å². The molecule has 0 aromatic rings. The number of aliphatic carboxylic acids is 1. The van der Waals surface area contributed by atoms with Gasteiger partial charge in [-0.15, -0.1) is 0 Å². The Kier molecular flexibility index (Phi) is 3.73. The van der Waals surface area contributed by atoms with Crippen LogP contribution in [0.1, 0.15) is 39.0 Å². The van der Waals surface area contributed by atoms with Gasteiger partial charge in [0, 0.05) is 6.42 Å². The summed E-state index contributed by atoms with van der Waals surface area (Å²) in [5, 5.41) is 12.1. The monoisotopic (exact) mass is 185 g/mol. The summed E-state index contributed by atoms with van der Waals surface area (Å²) in [5.74, 6) is -0.960. The molecule has 0 radical (unpaired) electrons. The molecule has 13 heavy (non-hydrogen) atoms. The van der Waals surface area contributed by atoms with Crippen LogP contribution in [-0.4, -0.2) is 22.9 Å². The third-order valence-electron chi connectivity index (χ3n) is 2.11. The summed E-state index contributed by atoms with van der Waals surface area (Å²) in [6.07, 6.45) is 4.79. The van der Waals surface area contributed by atoms with E-state index in [1.807, 2.05) is 0 Å². The summed E-state index contributed by atoms with van der Waals surface area (Å²) in [6, 6.07) is 0. The van der Waals surface area contributed by atoms with E-state index in [4.69, 9.17) is 9.94 Å². The number of carboxylic acids is 1. The zero-order chi connectivity index (χ0) is 9.68. The van der Waals surface area contributed by atoms with Crippen LogP contribution in [0.25, 0.3) is 0 Å². The Labute approximate surface area is 77.6 Å². The summed E-state index contributed by atoms with van der Waals surface area (Å²) < 4.78 is 0. The molecule has 1 atom stereocenters. The third-order valence-corrected chi connectivity index (χ3v) is 2.11. The Balaban J connectivity index is 2.18. The van der Waals surface area contributed by atoms with Crippen LogP contribution >= 0.6 is 0 Å². The molecule has 1 N–H and O–H groups in total. The molecule has 74 valence electrons. The lowest BCUT2D eigenvalue weighted by molar-refractivity contribution is -0.129. The first-order valence-electron chi connectivity index (χ1n) is 4.70. The lowest BCUT2D eigenvalue weighted by Gasteiger charge is -2.05. The first kappa shape index (κ1) is 10.0. The fraction of sp³-hybridized carbons (Fsp3) is 0.778. The highest BCUT2D eigenvalue weighted by Crippen LogP contribution is 2.16. The number of unbranched alkanes of at least 4 members (excludes halogenated alkanes) is 2. The van der Waals surface area contributed by atoms with Gasteiger partial charge in [-0.2, -0.15) is 0 Å². The van der Waals surface area contributed by atoms with Crippen LogP contribution in [0.15, 0.2) is 5.16 Å². The molecule has 0 aliphatic carbocycles. The molecule has 1 aliphatic rings. The van der Waals surface area contributed by atoms with Crippen molar-refractivity contribution < 1.29 is 14.7 Å². The van der Waals surface area contributed by atoms with Gasteiger partial charge in [-0.25, -0.2) is 4.79 Å². The highest BCUT2D eigenvalue weighted by atomic mass is 16.6. The van der Waals surface area contributed by atoms with Crippen molar-refractivity contribution in [2.45, 2.75) is 45.1 Å². The molecule has 0 spiro atoms. The van der Waals surface area contributed by atoms with Gasteiger partial charge < -0.3 is 9.94 Å². The Bertz CT molecular complexity index is 213. The van der Waals surface area contributed by atoms with Crippen molar-refractivity contribution in [2.75, 3.05) is 0 Å². The smallest absolute Gasteiger partial charge is 0.353 e. The molecule has 0 saturated heterocycles. The lowest BCUT2D eigenvalue weighted by Crippen LogP contribution is -2.14. The first-order valence-corrected chi connectivity index (χ1v) is 4.70. The Morgan fingerprint density at radius 2 is 2.46 bits per heavy atom. The standard InChI is InChI=1S/C9H15NO3/c1-2-3-4-5-7-6-8(9(11)12)10-13-7/h7H,2-6H2,1H3,(H,11,12). The predicted octanol–water partition coefficient (Wildman–Crippen LogP) is 1.80. The topological polar surface area (TPSA) is 58.9 Å². The van der Waals surface area contributed by atoms with Crippen molar-refractivity contribution in [2.24, 2.45) is 5.16 Å². The molecular weight excluding hydrogens is 170 g/mol. The summed E-state index contributed by atoms with van der Waals surface area (Å²) >= 11 is 0. The molecular formula is C9H15NO3. The van der Waals surface area contributed by atoms with Crippen molar-refractivity contribution in [3.05, 3.63) is 0 Å². The maximum atomic E-state index is 10.5. The Morgan fingerprint density at radius 3 is 3.00 bits per heavy atom. The molecule has 0 aromatic heterocycles. The van der Waals surface area contributed by atoms with Crippen molar-refractivity contribution >= 4 is 11.7 Å². The average Bonchev–Trinajstić information content (AvgIpc) is 2.53. The van der Waals surface area contributed by atoms with E-state index in [2.05, 4.69) is 12.1 Å². The van der Waals surface area contributed by atoms with Gasteiger partial charge in [-0.3, -0.25) is 0 Å². The quantitative estimate of drug-likeness (QED) is 0.664. The second-order valence-electron chi connectivity index (χ2n) is 3.27. The molecule has 4 nitrogen and oxygen atoms in total. The molecule has 0 fully saturated rings. The summed E-state index contributed by atoms with van der Waals surface area (Å²) in [6.45, 7) is 2.13. The van der Waals surface area contributed by atoms with Crippen LogP contribution in [-0.2, 0) is 9.63 Å². The van der Waals surface area contributed by atoms with Crippen molar-refractivity contribution in [3.63, 3.8) is 0 Å². The van der Waals surface area contributed by atoms with Crippen LogP contribution in [0.5, 0.6) is 0 Å². The molecule has 0 aromatic carbocycles. The molecule has 1 aliphatic heterocycles. The van der Waals surface area contributed by atoms with E-state index in [1.54, 1.807) is 0 Å². The average molecular weight is 185 g/mol. The number of nitrogens with zero attached hydrogens (tertiary/aromatic N) is 1. The van der Waals surface area contributed by atoms with Gasteiger partial charge in [0.25, 0.3) is 0 Å². The zero-order valence-electron chi connectivity index (χ0n) is 7.82. The number of oxime groups is 1. The second kappa shape index (κ2) is 4.84. The normalized spacial score (nSPS) is 21.0. The van der Waals surface area contributed by atoms with Gasteiger partial charge in [-0.1, -0.05) is 24.9 Å². The minimum absolute atomic E-state index is 0.00218.